The van der Waals surface area contributed by atoms with Crippen molar-refractivity contribution in [1.29, 1.82) is 0 Å². The highest BCUT2D eigenvalue weighted by Crippen LogP contribution is 2.19. The Labute approximate surface area is 843 Å². The van der Waals surface area contributed by atoms with Crippen LogP contribution in [0, 0.1) is 61.5 Å². The van der Waals surface area contributed by atoms with Crippen molar-refractivity contribution in [2.24, 2.45) is 15.2 Å². The number of rotatable bonds is 36. The van der Waals surface area contributed by atoms with Crippen LogP contribution in [0.2, 0.25) is 0 Å². The summed E-state index contributed by atoms with van der Waals surface area (Å²) in [5.41, 5.74) is 4.86. The highest BCUT2D eigenvalue weighted by molar-refractivity contribution is 7.13. The van der Waals surface area contributed by atoms with Crippen molar-refractivity contribution in [3.05, 3.63) is 387 Å². The molecule has 14 rings (SSSR count). The Bertz CT molecular complexity index is 7030. The van der Waals surface area contributed by atoms with E-state index in [9.17, 15) is 131 Å². The van der Waals surface area contributed by atoms with Crippen molar-refractivity contribution in [2.75, 3.05) is 27.9 Å². The minimum absolute atomic E-state index is 0.0578. The van der Waals surface area contributed by atoms with Crippen LogP contribution in [0.3, 0.4) is 0 Å². The third-order valence-corrected chi connectivity index (χ3v) is 19.9. The molecule has 0 saturated carbocycles. The standard InChI is InChI=1S/2C17H14FNO3.2C16H13FN2O3.C13H10FN3O4.C13H9FN2O3S.C12H9FN4O3/c2*18-14-8-6-13(7-9-14)15(20)10-16(21)17(22)19-11-12-4-2-1-3-5-12;1-10-6-13(9-18-8-10)19-16(22)15(21)7-14(20)11-2-4-12(17)5-3-11;1-10-3-2-8-18-15(10)19-16(22)14(21)9-13(20)11-4-6-12(17)7-5-11;1-7-15-13(17-21-7)16-12(20)11(19)6-10(18)8-2-4-9(14)5-3-8;14-9-3-1-8(2-4-9)10(17)7-11(18)12(19)16-13-15-5-6-20-13;13-8-3-1-7(2-4-8)9(18)5-10(19)11(20)16-12-14-6-15-17-12/h2*1-9H,10-11H2,(H,19,22);2-6,8-9H,7H2,1H3,(H,19,22);2-8H,9H2,1H3,(H,18,19,22);2-5H,6H2,1H3,(H,16,17,20);1-6H,7H2,(H,15,16,19);1-4H,5-6H2,(H,14,16,20). The zero-order valence-electron chi connectivity index (χ0n) is 78.2. The van der Waals surface area contributed by atoms with E-state index >= 15 is 0 Å². The average molecular weight is 2060 g/mol. The molecule has 4 aromatic heterocycles. The second-order valence-electron chi connectivity index (χ2n) is 30.6. The third kappa shape index (κ3) is 40.8. The van der Waals surface area contributed by atoms with Gasteiger partial charge in [-0.15, -0.1) is 16.5 Å². The normalized spacial score (nSPS) is 10.5. The summed E-state index contributed by atoms with van der Waals surface area (Å²) in [4.78, 5) is 265. The summed E-state index contributed by atoms with van der Waals surface area (Å²) >= 11 is 1.16. The Morgan fingerprint density at radius 2 is 0.644 bits per heavy atom. The van der Waals surface area contributed by atoms with Gasteiger partial charge in [0, 0.05) is 82.9 Å². The predicted molar refractivity (Wildman–Crippen MR) is 518 cm³/mol. The van der Waals surface area contributed by atoms with Gasteiger partial charge in [0.15, 0.2) is 52.3 Å². The van der Waals surface area contributed by atoms with Crippen LogP contribution in [-0.4, -0.2) is 160 Å². The van der Waals surface area contributed by atoms with Crippen molar-refractivity contribution in [2.45, 2.75) is 78.8 Å². The smallest absolute Gasteiger partial charge is 0.294 e. The van der Waals surface area contributed by atoms with Gasteiger partial charge in [-0.1, -0.05) is 66.7 Å². The van der Waals surface area contributed by atoms with Gasteiger partial charge in [-0.25, -0.2) is 45.7 Å². The highest BCUT2D eigenvalue weighted by Gasteiger charge is 2.28. The molecule has 13 aromatic rings. The summed E-state index contributed by atoms with van der Waals surface area (Å²) in [6.07, 6.45) is 1.94. The van der Waals surface area contributed by atoms with E-state index in [-0.39, 0.29) is 87.5 Å². The second kappa shape index (κ2) is 58.8. The first-order valence-electron chi connectivity index (χ1n) is 43.5. The summed E-state index contributed by atoms with van der Waals surface area (Å²) in [6.45, 7) is 5.58. The molecular weight excluding hydrogens is 1980 g/mol. The fourth-order valence-corrected chi connectivity index (χ4v) is 12.1. The van der Waals surface area contributed by atoms with E-state index in [1.165, 1.54) is 110 Å². The van der Waals surface area contributed by atoms with Crippen LogP contribution < -0.4 is 37.2 Å². The number of aryl methyl sites for hydroxylation is 3. The number of carbonyl (C=O) groups excluding carboxylic acids is 21. The van der Waals surface area contributed by atoms with Gasteiger partial charge in [0.05, 0.1) is 56.8 Å². The second-order valence-corrected chi connectivity index (χ2v) is 31.5. The van der Waals surface area contributed by atoms with Crippen LogP contribution in [0.1, 0.15) is 146 Å². The van der Waals surface area contributed by atoms with Crippen LogP contribution in [0.5, 0.6) is 0 Å². The molecule has 5 heterocycles. The number of guanidine groups is 1. The van der Waals surface area contributed by atoms with Gasteiger partial charge in [-0.05, 0) is 223 Å². The molecule has 7 N–H and O–H groups in total. The summed E-state index contributed by atoms with van der Waals surface area (Å²) in [6, 6.07) is 56.7. The fraction of sp³-hybridized carbons (Fsp3) is 0.125. The topological polar surface area (TPSA) is 557 Å². The molecule has 0 unspecified atom stereocenters. The monoisotopic (exact) mass is 2060 g/mol. The third-order valence-electron chi connectivity index (χ3n) is 19.2. The van der Waals surface area contributed by atoms with Gasteiger partial charge < -0.3 is 25.8 Å². The number of aromatic nitrogens is 5. The van der Waals surface area contributed by atoms with Gasteiger partial charge in [0.1, 0.15) is 46.5 Å². The molecule has 0 radical (unpaired) electrons. The van der Waals surface area contributed by atoms with Crippen molar-refractivity contribution in [3.8, 4) is 0 Å². The van der Waals surface area contributed by atoms with Crippen LogP contribution in [0.4, 0.5) is 53.3 Å². The van der Waals surface area contributed by atoms with Crippen LogP contribution in [-0.2, 0) is 80.2 Å². The summed E-state index contributed by atoms with van der Waals surface area (Å²) in [5, 5.41) is 28.5. The Morgan fingerprint density at radius 3 is 0.940 bits per heavy atom. The number of hydrogen-bond acceptors (Lipinski definition) is 31. The summed E-state index contributed by atoms with van der Waals surface area (Å²) in [7, 11) is 0. The highest BCUT2D eigenvalue weighted by atomic mass is 32.1. The number of Topliss-reactive ketones (excluding diaryl/α,β-unsaturated/α-hetero) is 14. The van der Waals surface area contributed by atoms with Gasteiger partial charge in [0.2, 0.25) is 52.3 Å². The number of nitrogens with one attached hydrogen (secondary N) is 7. The lowest BCUT2D eigenvalue weighted by Gasteiger charge is -2.06. The van der Waals surface area contributed by atoms with E-state index in [0.717, 1.165) is 113 Å². The van der Waals surface area contributed by atoms with Gasteiger partial charge in [-0.2, -0.15) is 10.1 Å². The van der Waals surface area contributed by atoms with Crippen LogP contribution >= 0.6 is 11.3 Å². The Morgan fingerprint density at radius 1 is 0.329 bits per heavy atom. The molecule has 0 fully saturated rings. The number of benzene rings is 9. The van der Waals surface area contributed by atoms with E-state index in [1.807, 2.05) is 60.7 Å². The lowest BCUT2D eigenvalue weighted by molar-refractivity contribution is -0.137. The number of aliphatic imine (C=N–C) groups is 1. The Hall–Kier alpha value is -19.5. The molecule has 1 aliphatic rings. The molecule has 0 atom stereocenters. The van der Waals surface area contributed by atoms with Gasteiger partial charge in [0.25, 0.3) is 47.3 Å². The minimum atomic E-state index is -1.02. The van der Waals surface area contributed by atoms with E-state index in [2.05, 4.69) is 82.1 Å². The first kappa shape index (κ1) is 115. The number of thiazole rings is 1. The number of amides is 7. The first-order valence-corrected chi connectivity index (χ1v) is 44.4. The van der Waals surface area contributed by atoms with E-state index in [1.54, 1.807) is 43.6 Å². The van der Waals surface area contributed by atoms with E-state index in [4.69, 9.17) is 0 Å². The van der Waals surface area contributed by atoms with E-state index in [0.29, 0.717) is 11.3 Å². The van der Waals surface area contributed by atoms with E-state index < -0.39 is 208 Å². The largest absolute Gasteiger partial charge is 0.345 e. The maximum Gasteiger partial charge on any atom is 0.294 e. The molecule has 0 aliphatic carbocycles. The number of halogens is 7. The zero-order chi connectivity index (χ0) is 109. The molecule has 0 saturated heterocycles. The fourth-order valence-electron chi connectivity index (χ4n) is 11.6. The number of ketones is 14. The van der Waals surface area contributed by atoms with Crippen molar-refractivity contribution < 1.29 is 136 Å². The Kier molecular flexibility index (Phi) is 45.3. The number of azo groups is 1. The number of nitrogens with zero attached hydrogens (tertiary/aromatic N) is 8. The van der Waals surface area contributed by atoms with Crippen molar-refractivity contribution in [3.63, 3.8) is 0 Å². The maximum absolute atomic E-state index is 12.8. The molecule has 0 spiro atoms. The van der Waals surface area contributed by atoms with Gasteiger partial charge >= 0.3 is 0 Å². The van der Waals surface area contributed by atoms with Crippen molar-refractivity contribution >= 4 is 162 Å². The molecular formula is C104H82F7N15O22S. The molecule has 0 bridgehead atoms. The molecule has 7 amide bonds. The molecule has 9 aromatic carbocycles. The quantitative estimate of drug-likeness (QED) is 0.00830. The average Bonchev–Trinajstić information content (AvgIpc) is 1.78. The zero-order valence-corrected chi connectivity index (χ0v) is 79.1. The Balaban J connectivity index is 0.000000212. The van der Waals surface area contributed by atoms with Gasteiger partial charge in [-0.3, -0.25) is 122 Å². The minimum Gasteiger partial charge on any atom is -0.345 e. The molecule has 45 heteroatoms. The molecule has 760 valence electrons. The molecule has 149 heavy (non-hydrogen) atoms. The number of pyridine rings is 2. The summed E-state index contributed by atoms with van der Waals surface area (Å²) in [5.74, 6) is -19.3. The molecule has 37 nitrogen and oxygen atoms in total. The number of hydrogen-bond donors (Lipinski definition) is 7. The molecule has 1 aliphatic heterocycles. The first-order chi connectivity index (χ1) is 71.1. The maximum atomic E-state index is 12.8. The summed E-state index contributed by atoms with van der Waals surface area (Å²) < 4.78 is 93.8. The number of anilines is 4. The number of carbonyl (C=O) groups is 21. The van der Waals surface area contributed by atoms with Crippen LogP contribution in [0.25, 0.3) is 0 Å². The predicted octanol–water partition coefficient (Wildman–Crippen LogP) is 13.4. The SMILES string of the molecule is Cc1cccnc1NC(=O)C(=O)CC(=O)c1ccc(F)cc1.Cc1cncc(NC(=O)C(=O)CC(=O)c2ccc(F)cc2)c1.Cc1nc(NC(=O)C(=O)CC(=O)c2ccc(F)cc2)no1.O=C(CC(=O)c1ccc(F)cc1)C(=O)NC1=NCN=N1.O=C(CC(=O)c1ccc(F)cc1)C(=O)NCc1ccccc1.O=C(CC(=O)c1ccc(F)cc1)C(=O)NCc1ccccc1.O=C(CC(=O)c1ccc(F)cc1)C(=O)Nc1nccs1. The van der Waals surface area contributed by atoms with Crippen LogP contribution in [0.15, 0.2) is 299 Å². The lowest BCUT2D eigenvalue weighted by Crippen LogP contribution is -2.35. The van der Waals surface area contributed by atoms with Crippen molar-refractivity contribution in [1.82, 2.24) is 41.0 Å². The lowest BCUT2D eigenvalue weighted by atomic mass is 10.1.